The first-order chi connectivity index (χ1) is 11.6. The van der Waals surface area contributed by atoms with E-state index in [0.717, 1.165) is 12.0 Å². The minimum absolute atomic E-state index is 0.0826. The second-order valence-electron chi connectivity index (χ2n) is 5.95. The number of aromatic nitrogens is 2. The number of amides is 2. The molecule has 1 aliphatic heterocycles. The summed E-state index contributed by atoms with van der Waals surface area (Å²) in [4.78, 5) is 34.9. The quantitative estimate of drug-likeness (QED) is 0.900. The van der Waals surface area contributed by atoms with Gasteiger partial charge in [-0.3, -0.25) is 19.6 Å². The summed E-state index contributed by atoms with van der Waals surface area (Å²) < 4.78 is 0. The number of nitrogens with zero attached hydrogens (tertiary/aromatic N) is 3. The minimum atomic E-state index is -1.18. The highest BCUT2D eigenvalue weighted by Gasteiger charge is 2.51. The molecule has 1 aliphatic rings. The van der Waals surface area contributed by atoms with Gasteiger partial charge in [0.05, 0.1) is 11.9 Å². The fraction of sp³-hybridized carbons (Fsp3) is 0.333. The van der Waals surface area contributed by atoms with Crippen LogP contribution in [0.1, 0.15) is 30.5 Å². The molecular formula is C18H20N4O2. The fourth-order valence-corrected chi connectivity index (χ4v) is 3.35. The third kappa shape index (κ3) is 2.87. The first kappa shape index (κ1) is 16.1. The Morgan fingerprint density at radius 1 is 1.21 bits per heavy atom. The molecule has 0 radical (unpaired) electrons. The maximum atomic E-state index is 12.8. The summed E-state index contributed by atoms with van der Waals surface area (Å²) in [5, 5.41) is 0. The van der Waals surface area contributed by atoms with Gasteiger partial charge in [-0.15, -0.1) is 0 Å². The Kier molecular flexibility index (Phi) is 4.55. The lowest BCUT2D eigenvalue weighted by Gasteiger charge is -2.35. The lowest BCUT2D eigenvalue weighted by molar-refractivity contribution is -0.144. The molecule has 2 heterocycles. The number of primary amides is 1. The SMILES string of the molecule is NC(=O)[C@]1(c2cnccn2)CCCN1C(=O)CCc1ccccc1. The van der Waals surface area contributed by atoms with Crippen LogP contribution in [0, 0.1) is 0 Å². The van der Waals surface area contributed by atoms with Crippen LogP contribution in [-0.4, -0.2) is 33.2 Å². The van der Waals surface area contributed by atoms with Crippen LogP contribution < -0.4 is 5.73 Å². The second kappa shape index (κ2) is 6.78. The number of hydrogen-bond acceptors (Lipinski definition) is 4. The molecule has 0 spiro atoms. The van der Waals surface area contributed by atoms with Gasteiger partial charge in [0.1, 0.15) is 0 Å². The van der Waals surface area contributed by atoms with Crippen LogP contribution in [0.25, 0.3) is 0 Å². The van der Waals surface area contributed by atoms with Crippen molar-refractivity contribution in [2.24, 2.45) is 5.73 Å². The van der Waals surface area contributed by atoms with Gasteiger partial charge >= 0.3 is 0 Å². The number of likely N-dealkylation sites (tertiary alicyclic amines) is 1. The molecule has 1 fully saturated rings. The zero-order valence-corrected chi connectivity index (χ0v) is 13.4. The monoisotopic (exact) mass is 324 g/mol. The van der Waals surface area contributed by atoms with E-state index in [0.29, 0.717) is 31.5 Å². The van der Waals surface area contributed by atoms with E-state index in [1.807, 2.05) is 30.3 Å². The molecule has 1 aromatic carbocycles. The number of benzene rings is 1. The zero-order chi connectivity index (χ0) is 17.0. The van der Waals surface area contributed by atoms with Gasteiger partial charge in [0.15, 0.2) is 5.54 Å². The number of nitrogens with two attached hydrogens (primary N) is 1. The van der Waals surface area contributed by atoms with Crippen LogP contribution >= 0.6 is 0 Å². The third-order valence-corrected chi connectivity index (χ3v) is 4.55. The van der Waals surface area contributed by atoms with E-state index < -0.39 is 11.4 Å². The molecule has 6 heteroatoms. The van der Waals surface area contributed by atoms with Crippen molar-refractivity contribution in [2.45, 2.75) is 31.2 Å². The maximum absolute atomic E-state index is 12.8. The molecule has 1 atom stereocenters. The lowest BCUT2D eigenvalue weighted by atomic mass is 9.90. The molecule has 2 aromatic rings. The normalized spacial score (nSPS) is 20.1. The van der Waals surface area contributed by atoms with Crippen molar-refractivity contribution >= 4 is 11.8 Å². The fourth-order valence-electron chi connectivity index (χ4n) is 3.35. The molecule has 3 rings (SSSR count). The molecule has 124 valence electrons. The molecule has 6 nitrogen and oxygen atoms in total. The average molecular weight is 324 g/mol. The van der Waals surface area contributed by atoms with E-state index >= 15 is 0 Å². The van der Waals surface area contributed by atoms with Gasteiger partial charge in [0.25, 0.3) is 0 Å². The van der Waals surface area contributed by atoms with E-state index in [-0.39, 0.29) is 5.91 Å². The highest BCUT2D eigenvalue weighted by atomic mass is 16.2. The van der Waals surface area contributed by atoms with Crippen LogP contribution in [0.4, 0.5) is 0 Å². The summed E-state index contributed by atoms with van der Waals surface area (Å²) in [6.45, 7) is 0.507. The third-order valence-electron chi connectivity index (χ3n) is 4.55. The summed E-state index contributed by atoms with van der Waals surface area (Å²) in [6, 6.07) is 9.81. The molecule has 0 unspecified atom stereocenters. The number of rotatable bonds is 5. The van der Waals surface area contributed by atoms with E-state index in [4.69, 9.17) is 5.73 Å². The molecule has 1 saturated heterocycles. The van der Waals surface area contributed by atoms with Crippen molar-refractivity contribution in [1.29, 1.82) is 0 Å². The Morgan fingerprint density at radius 3 is 2.67 bits per heavy atom. The minimum Gasteiger partial charge on any atom is -0.367 e. The first-order valence-corrected chi connectivity index (χ1v) is 8.05. The molecule has 0 bridgehead atoms. The summed E-state index contributed by atoms with van der Waals surface area (Å²) >= 11 is 0. The lowest BCUT2D eigenvalue weighted by Crippen LogP contribution is -2.54. The van der Waals surface area contributed by atoms with Crippen LogP contribution in [0.3, 0.4) is 0 Å². The largest absolute Gasteiger partial charge is 0.367 e. The van der Waals surface area contributed by atoms with Crippen LogP contribution in [-0.2, 0) is 21.5 Å². The molecular weight excluding hydrogens is 304 g/mol. The number of aryl methyl sites for hydroxylation is 1. The van der Waals surface area contributed by atoms with Gasteiger partial charge in [-0.05, 0) is 24.8 Å². The Bertz CT molecular complexity index is 720. The van der Waals surface area contributed by atoms with Crippen molar-refractivity contribution in [3.63, 3.8) is 0 Å². The Balaban J connectivity index is 1.82. The number of hydrogen-bond donors (Lipinski definition) is 1. The van der Waals surface area contributed by atoms with Crippen LogP contribution in [0.15, 0.2) is 48.9 Å². The topological polar surface area (TPSA) is 89.2 Å². The molecule has 2 N–H and O–H groups in total. The predicted octanol–water partition coefficient (Wildman–Crippen LogP) is 1.41. The summed E-state index contributed by atoms with van der Waals surface area (Å²) in [6.07, 6.45) is 6.74. The highest BCUT2D eigenvalue weighted by molar-refractivity contribution is 5.91. The van der Waals surface area contributed by atoms with Crippen molar-refractivity contribution in [3.8, 4) is 0 Å². The van der Waals surface area contributed by atoms with Gasteiger partial charge in [-0.1, -0.05) is 30.3 Å². The smallest absolute Gasteiger partial charge is 0.249 e. The predicted molar refractivity (Wildman–Crippen MR) is 88.6 cm³/mol. The van der Waals surface area contributed by atoms with Crippen molar-refractivity contribution < 1.29 is 9.59 Å². The summed E-state index contributed by atoms with van der Waals surface area (Å²) in [5.74, 6) is -0.630. The molecule has 2 amide bonds. The Labute approximate surface area is 140 Å². The van der Waals surface area contributed by atoms with E-state index in [1.165, 1.54) is 18.6 Å². The van der Waals surface area contributed by atoms with Crippen LogP contribution in [0.5, 0.6) is 0 Å². The van der Waals surface area contributed by atoms with E-state index in [9.17, 15) is 9.59 Å². The average Bonchev–Trinajstić information content (AvgIpc) is 3.07. The van der Waals surface area contributed by atoms with Gasteiger partial charge in [-0.2, -0.15) is 0 Å². The van der Waals surface area contributed by atoms with E-state index in [1.54, 1.807) is 4.90 Å². The molecule has 24 heavy (non-hydrogen) atoms. The van der Waals surface area contributed by atoms with Gasteiger partial charge in [0, 0.05) is 25.4 Å². The van der Waals surface area contributed by atoms with Crippen LogP contribution in [0.2, 0.25) is 0 Å². The standard InChI is InChI=1S/C18H20N4O2/c19-17(24)18(15-13-20-10-11-21-15)9-4-12-22(18)16(23)8-7-14-5-2-1-3-6-14/h1-3,5-6,10-11,13H,4,7-9,12H2,(H2,19,24)/t18-/m1/s1. The zero-order valence-electron chi connectivity index (χ0n) is 13.4. The highest BCUT2D eigenvalue weighted by Crippen LogP contribution is 2.38. The summed E-state index contributed by atoms with van der Waals surface area (Å²) in [7, 11) is 0. The van der Waals surface area contributed by atoms with E-state index in [2.05, 4.69) is 9.97 Å². The Morgan fingerprint density at radius 2 is 2.00 bits per heavy atom. The first-order valence-electron chi connectivity index (χ1n) is 8.05. The molecule has 0 aliphatic carbocycles. The van der Waals surface area contributed by atoms with Gasteiger partial charge < -0.3 is 10.6 Å². The van der Waals surface area contributed by atoms with Crippen molar-refractivity contribution in [3.05, 3.63) is 60.2 Å². The van der Waals surface area contributed by atoms with Crippen molar-refractivity contribution in [1.82, 2.24) is 14.9 Å². The number of carbonyl (C=O) groups excluding carboxylic acids is 2. The van der Waals surface area contributed by atoms with Gasteiger partial charge in [0.2, 0.25) is 11.8 Å². The summed E-state index contributed by atoms with van der Waals surface area (Å²) in [5.41, 5.74) is 6.06. The molecule has 1 aromatic heterocycles. The van der Waals surface area contributed by atoms with Gasteiger partial charge in [-0.25, -0.2) is 0 Å². The Hall–Kier alpha value is -2.76. The van der Waals surface area contributed by atoms with Crippen molar-refractivity contribution in [2.75, 3.05) is 6.54 Å². The number of carbonyl (C=O) groups is 2. The second-order valence-corrected chi connectivity index (χ2v) is 5.95. The molecule has 0 saturated carbocycles. The maximum Gasteiger partial charge on any atom is 0.249 e.